The van der Waals surface area contributed by atoms with E-state index in [9.17, 15) is 9.13 Å². The van der Waals surface area contributed by atoms with E-state index in [1.807, 2.05) is 0 Å². The Morgan fingerprint density at radius 3 is 1.73 bits per heavy atom. The van der Waals surface area contributed by atoms with E-state index in [4.69, 9.17) is 42.0 Å². The Morgan fingerprint density at radius 1 is 1.20 bits per heavy atom. The molecule has 92 valence electrons. The van der Waals surface area contributed by atoms with Crippen LogP contribution < -0.4 is 5.73 Å². The number of rotatable bonds is 5. The van der Waals surface area contributed by atoms with Gasteiger partial charge in [-0.3, -0.25) is 9.13 Å². The summed E-state index contributed by atoms with van der Waals surface area (Å²) in [6.07, 6.45) is -2.51. The standard InChI is InChI=1S/C4H12ClNO7P2/c5-2-3(7)1-4(6,14(8,9)10)15(11,12)13/h3,7H,1-2,6H2,(H2,8,9,10)(H2,11,12,13). The fraction of sp³-hybridized carbons (Fsp3) is 1.00. The molecule has 0 spiro atoms. The van der Waals surface area contributed by atoms with Gasteiger partial charge in [-0.05, 0) is 0 Å². The maximum Gasteiger partial charge on any atom is 0.357 e. The van der Waals surface area contributed by atoms with Crippen LogP contribution in [0.3, 0.4) is 0 Å². The van der Waals surface area contributed by atoms with Gasteiger partial charge in [0, 0.05) is 12.3 Å². The highest BCUT2D eigenvalue weighted by atomic mass is 35.5. The molecular weight excluding hydrogens is 271 g/mol. The summed E-state index contributed by atoms with van der Waals surface area (Å²) in [5, 5.41) is 5.92. The lowest BCUT2D eigenvalue weighted by atomic mass is 10.3. The van der Waals surface area contributed by atoms with E-state index in [0.29, 0.717) is 0 Å². The molecule has 0 aromatic rings. The van der Waals surface area contributed by atoms with Gasteiger partial charge in [0.15, 0.2) is 0 Å². The summed E-state index contributed by atoms with van der Waals surface area (Å²) in [5.74, 6) is -0.445. The van der Waals surface area contributed by atoms with Crippen LogP contribution in [0.2, 0.25) is 0 Å². The van der Waals surface area contributed by atoms with Gasteiger partial charge >= 0.3 is 15.2 Å². The Morgan fingerprint density at radius 2 is 1.53 bits per heavy atom. The monoisotopic (exact) mass is 283 g/mol. The molecule has 0 aliphatic rings. The van der Waals surface area contributed by atoms with Gasteiger partial charge in [-0.25, -0.2) is 0 Å². The summed E-state index contributed by atoms with van der Waals surface area (Å²) in [5.41, 5.74) is 4.98. The van der Waals surface area contributed by atoms with Crippen molar-refractivity contribution in [1.29, 1.82) is 0 Å². The molecule has 0 saturated carbocycles. The van der Waals surface area contributed by atoms with Crippen molar-refractivity contribution in [3.63, 3.8) is 0 Å². The molecule has 0 heterocycles. The van der Waals surface area contributed by atoms with Gasteiger partial charge in [0.2, 0.25) is 5.02 Å². The van der Waals surface area contributed by atoms with Gasteiger partial charge in [-0.15, -0.1) is 11.6 Å². The fourth-order valence-electron chi connectivity index (χ4n) is 0.809. The predicted octanol–water partition coefficient (Wildman–Crippen LogP) is -1.06. The number of aliphatic hydroxyl groups is 1. The number of hydrogen-bond donors (Lipinski definition) is 6. The third-order valence-electron chi connectivity index (χ3n) is 1.72. The second-order valence-electron chi connectivity index (χ2n) is 2.98. The average Bonchev–Trinajstić information content (AvgIpc) is 1.99. The molecule has 0 fully saturated rings. The number of hydrogen-bond acceptors (Lipinski definition) is 4. The third kappa shape index (κ3) is 3.49. The highest BCUT2D eigenvalue weighted by Gasteiger charge is 2.58. The zero-order valence-corrected chi connectivity index (χ0v) is 9.94. The van der Waals surface area contributed by atoms with Gasteiger partial charge < -0.3 is 30.4 Å². The number of alkyl halides is 1. The lowest BCUT2D eigenvalue weighted by Gasteiger charge is -2.31. The first-order chi connectivity index (χ1) is 6.45. The van der Waals surface area contributed by atoms with E-state index >= 15 is 0 Å². The average molecular weight is 284 g/mol. The third-order valence-corrected chi connectivity index (χ3v) is 6.03. The number of halogens is 1. The maximum atomic E-state index is 10.9. The first kappa shape index (κ1) is 15.5. The second-order valence-corrected chi connectivity index (χ2v) is 7.41. The van der Waals surface area contributed by atoms with Crippen molar-refractivity contribution in [3.05, 3.63) is 0 Å². The zero-order valence-electron chi connectivity index (χ0n) is 7.39. The lowest BCUT2D eigenvalue weighted by molar-refractivity contribution is 0.168. The van der Waals surface area contributed by atoms with Crippen molar-refractivity contribution in [1.82, 2.24) is 0 Å². The van der Waals surface area contributed by atoms with E-state index in [2.05, 4.69) is 0 Å². The van der Waals surface area contributed by atoms with Gasteiger partial charge in [0.05, 0.1) is 6.10 Å². The molecule has 1 atom stereocenters. The van der Waals surface area contributed by atoms with Crippen molar-refractivity contribution in [2.75, 3.05) is 5.88 Å². The van der Waals surface area contributed by atoms with Crippen LogP contribution in [0, 0.1) is 0 Å². The minimum atomic E-state index is -5.28. The van der Waals surface area contributed by atoms with Crippen molar-refractivity contribution in [3.8, 4) is 0 Å². The Kier molecular flexibility index (Phi) is 4.95. The quantitative estimate of drug-likeness (QED) is 0.275. The molecule has 7 N–H and O–H groups in total. The van der Waals surface area contributed by atoms with E-state index in [1.54, 1.807) is 0 Å². The van der Waals surface area contributed by atoms with Crippen molar-refractivity contribution >= 4 is 26.8 Å². The van der Waals surface area contributed by atoms with E-state index in [0.717, 1.165) is 0 Å². The molecule has 0 radical (unpaired) electrons. The molecule has 11 heteroatoms. The Hall–Kier alpha value is 0.510. The molecule has 0 rings (SSSR count). The summed E-state index contributed by atoms with van der Waals surface area (Å²) in [6.45, 7) is 0. The molecule has 0 aromatic carbocycles. The summed E-state index contributed by atoms with van der Waals surface area (Å²) in [6, 6.07) is 0. The Labute approximate surface area is 90.4 Å². The molecule has 0 bridgehead atoms. The van der Waals surface area contributed by atoms with Gasteiger partial charge in [-0.2, -0.15) is 0 Å². The van der Waals surface area contributed by atoms with Gasteiger partial charge in [0.1, 0.15) is 0 Å². The maximum absolute atomic E-state index is 10.9. The van der Waals surface area contributed by atoms with Gasteiger partial charge in [0.25, 0.3) is 0 Å². The Bertz CT molecular complexity index is 288. The van der Waals surface area contributed by atoms with E-state index < -0.39 is 38.6 Å². The zero-order chi connectivity index (χ0) is 12.5. The van der Waals surface area contributed by atoms with Crippen LogP contribution in [-0.2, 0) is 9.13 Å². The fourth-order valence-corrected chi connectivity index (χ4v) is 3.17. The second kappa shape index (κ2) is 4.79. The SMILES string of the molecule is NC(CC(O)CCl)(P(=O)(O)O)P(=O)(O)O. The molecule has 0 saturated heterocycles. The van der Waals surface area contributed by atoms with Crippen LogP contribution in [0.5, 0.6) is 0 Å². The lowest BCUT2D eigenvalue weighted by Crippen LogP contribution is -2.42. The molecule has 15 heavy (non-hydrogen) atoms. The smallest absolute Gasteiger partial charge is 0.357 e. The molecule has 8 nitrogen and oxygen atoms in total. The minimum absolute atomic E-state index is 0.445. The molecule has 0 aromatic heterocycles. The van der Waals surface area contributed by atoms with Crippen LogP contribution in [0.15, 0.2) is 0 Å². The Balaban J connectivity index is 5.26. The summed E-state index contributed by atoms with van der Waals surface area (Å²) < 4.78 is 21.7. The first-order valence-corrected chi connectivity index (χ1v) is 7.36. The van der Waals surface area contributed by atoms with Crippen LogP contribution in [0.1, 0.15) is 6.42 Å². The molecule has 0 amide bonds. The molecule has 0 aliphatic heterocycles. The highest BCUT2D eigenvalue weighted by Crippen LogP contribution is 2.67. The topological polar surface area (TPSA) is 161 Å². The van der Waals surface area contributed by atoms with Crippen molar-refractivity contribution < 1.29 is 33.8 Å². The molecular formula is C4H12ClNO7P2. The summed E-state index contributed by atoms with van der Waals surface area (Å²) in [7, 11) is -10.6. The number of aliphatic hydroxyl groups excluding tert-OH is 1. The largest absolute Gasteiger partial charge is 0.392 e. The normalized spacial score (nSPS) is 16.5. The molecule has 0 aliphatic carbocycles. The van der Waals surface area contributed by atoms with E-state index in [-0.39, 0.29) is 0 Å². The predicted molar refractivity (Wildman–Crippen MR) is 52.4 cm³/mol. The highest BCUT2D eigenvalue weighted by molar-refractivity contribution is 7.72. The summed E-state index contributed by atoms with van der Waals surface area (Å²) >= 11 is 5.15. The van der Waals surface area contributed by atoms with Crippen molar-refractivity contribution in [2.24, 2.45) is 5.73 Å². The summed E-state index contributed by atoms with van der Waals surface area (Å²) in [4.78, 5) is 35.0. The first-order valence-electron chi connectivity index (χ1n) is 3.60. The number of nitrogens with two attached hydrogens (primary N) is 1. The van der Waals surface area contributed by atoms with Crippen LogP contribution >= 0.6 is 26.8 Å². The van der Waals surface area contributed by atoms with Crippen LogP contribution in [-0.4, -0.2) is 41.7 Å². The van der Waals surface area contributed by atoms with Crippen molar-refractivity contribution in [2.45, 2.75) is 17.5 Å². The molecule has 1 unspecified atom stereocenters. The van der Waals surface area contributed by atoms with Crippen LogP contribution in [0.4, 0.5) is 0 Å². The minimum Gasteiger partial charge on any atom is -0.392 e. The van der Waals surface area contributed by atoms with Gasteiger partial charge in [-0.1, -0.05) is 0 Å². The van der Waals surface area contributed by atoms with Crippen LogP contribution in [0.25, 0.3) is 0 Å². The van der Waals surface area contributed by atoms with E-state index in [1.165, 1.54) is 0 Å².